The van der Waals surface area contributed by atoms with Crippen LogP contribution in [0.2, 0.25) is 0 Å². The van der Waals surface area contributed by atoms with Gasteiger partial charge in [-0.25, -0.2) is 0 Å². The molecule has 1 aromatic heterocycles. The number of nitrogens with zero attached hydrogens (tertiary/aromatic N) is 2. The smallest absolute Gasteiger partial charge is 0.231 e. The fourth-order valence-electron chi connectivity index (χ4n) is 1.43. The molecular weight excluding hydrogens is 246 g/mol. The van der Waals surface area contributed by atoms with Crippen LogP contribution in [-0.4, -0.2) is 22.7 Å². The zero-order valence-electron chi connectivity index (χ0n) is 10.4. The summed E-state index contributed by atoms with van der Waals surface area (Å²) < 4.78 is 0. The minimum Gasteiger partial charge on any atom is -0.340 e. The Bertz CT molecular complexity index is 402. The molecule has 0 aromatic carbocycles. The summed E-state index contributed by atoms with van der Waals surface area (Å²) >= 11 is 1.54. The van der Waals surface area contributed by atoms with E-state index >= 15 is 0 Å². The van der Waals surface area contributed by atoms with Gasteiger partial charge in [0.2, 0.25) is 5.91 Å². The predicted molar refractivity (Wildman–Crippen MR) is 72.9 cm³/mol. The van der Waals surface area contributed by atoms with Gasteiger partial charge in [0.25, 0.3) is 0 Å². The summed E-state index contributed by atoms with van der Waals surface area (Å²) in [5.41, 5.74) is 1.15. The van der Waals surface area contributed by atoms with E-state index in [2.05, 4.69) is 16.4 Å². The van der Waals surface area contributed by atoms with E-state index in [0.717, 1.165) is 17.7 Å². The third-order valence-electron chi connectivity index (χ3n) is 2.32. The maximum absolute atomic E-state index is 11.6. The van der Waals surface area contributed by atoms with Gasteiger partial charge in [-0.15, -0.1) is 11.8 Å². The lowest BCUT2D eigenvalue weighted by atomic mass is 10.2. The van der Waals surface area contributed by atoms with Crippen LogP contribution in [0.5, 0.6) is 0 Å². The van der Waals surface area contributed by atoms with Crippen LogP contribution in [-0.2, 0) is 10.5 Å². The van der Waals surface area contributed by atoms with Gasteiger partial charge in [-0.2, -0.15) is 5.26 Å². The van der Waals surface area contributed by atoms with Gasteiger partial charge in [0.1, 0.15) is 6.04 Å². The SMILES string of the molecule is CCC[C@H](C#N)NC(=O)CSCc1ccncc1. The average Bonchev–Trinajstić information content (AvgIpc) is 2.39. The first-order valence-electron chi connectivity index (χ1n) is 5.92. The number of rotatable bonds is 7. The molecule has 0 fully saturated rings. The summed E-state index contributed by atoms with van der Waals surface area (Å²) in [6.45, 7) is 1.99. The van der Waals surface area contributed by atoms with E-state index in [4.69, 9.17) is 5.26 Å². The van der Waals surface area contributed by atoms with Gasteiger partial charge in [-0.1, -0.05) is 13.3 Å². The molecule has 1 heterocycles. The van der Waals surface area contributed by atoms with E-state index in [-0.39, 0.29) is 11.9 Å². The number of pyridine rings is 1. The maximum Gasteiger partial charge on any atom is 0.231 e. The number of carbonyl (C=O) groups excluding carboxylic acids is 1. The Balaban J connectivity index is 2.23. The molecule has 96 valence electrons. The van der Waals surface area contributed by atoms with Crippen molar-refractivity contribution in [3.63, 3.8) is 0 Å². The van der Waals surface area contributed by atoms with Crippen LogP contribution in [0.15, 0.2) is 24.5 Å². The molecule has 5 heteroatoms. The maximum atomic E-state index is 11.6. The quantitative estimate of drug-likeness (QED) is 0.818. The molecule has 0 bridgehead atoms. The van der Waals surface area contributed by atoms with Gasteiger partial charge in [0.15, 0.2) is 0 Å². The zero-order chi connectivity index (χ0) is 13.2. The molecule has 0 radical (unpaired) electrons. The Hall–Kier alpha value is -1.54. The molecule has 0 unspecified atom stereocenters. The van der Waals surface area contributed by atoms with Crippen molar-refractivity contribution in [1.82, 2.24) is 10.3 Å². The number of nitrogens with one attached hydrogen (secondary N) is 1. The number of thioether (sulfide) groups is 1. The molecule has 0 aliphatic rings. The molecule has 1 N–H and O–H groups in total. The van der Waals surface area contributed by atoms with Crippen LogP contribution in [0.3, 0.4) is 0 Å². The number of hydrogen-bond acceptors (Lipinski definition) is 4. The highest BCUT2D eigenvalue weighted by molar-refractivity contribution is 7.99. The van der Waals surface area contributed by atoms with Gasteiger partial charge >= 0.3 is 0 Å². The first kappa shape index (κ1) is 14.5. The van der Waals surface area contributed by atoms with Crippen molar-refractivity contribution in [2.45, 2.75) is 31.6 Å². The van der Waals surface area contributed by atoms with Crippen molar-refractivity contribution in [2.75, 3.05) is 5.75 Å². The molecule has 0 saturated heterocycles. The van der Waals surface area contributed by atoms with Gasteiger partial charge in [-0.3, -0.25) is 9.78 Å². The summed E-state index contributed by atoms with van der Waals surface area (Å²) in [4.78, 5) is 15.5. The second-order valence-electron chi connectivity index (χ2n) is 3.89. The lowest BCUT2D eigenvalue weighted by molar-refractivity contribution is -0.118. The molecule has 0 spiro atoms. The first-order valence-corrected chi connectivity index (χ1v) is 7.07. The third-order valence-corrected chi connectivity index (χ3v) is 3.32. The van der Waals surface area contributed by atoms with Crippen LogP contribution in [0.1, 0.15) is 25.3 Å². The first-order chi connectivity index (χ1) is 8.76. The van der Waals surface area contributed by atoms with Crippen LogP contribution in [0, 0.1) is 11.3 Å². The number of nitriles is 1. The molecule has 1 amide bonds. The van der Waals surface area contributed by atoms with Crippen LogP contribution >= 0.6 is 11.8 Å². The monoisotopic (exact) mass is 263 g/mol. The second kappa shape index (κ2) is 8.54. The molecule has 0 saturated carbocycles. The third kappa shape index (κ3) is 5.69. The van der Waals surface area contributed by atoms with Crippen molar-refractivity contribution in [3.05, 3.63) is 30.1 Å². The Morgan fingerprint density at radius 3 is 2.89 bits per heavy atom. The lowest BCUT2D eigenvalue weighted by Crippen LogP contribution is -2.34. The van der Waals surface area contributed by atoms with Crippen molar-refractivity contribution in [2.24, 2.45) is 0 Å². The summed E-state index contributed by atoms with van der Waals surface area (Å²) in [6, 6.07) is 5.60. The molecule has 1 rings (SSSR count). The van der Waals surface area contributed by atoms with E-state index in [0.29, 0.717) is 12.2 Å². The van der Waals surface area contributed by atoms with Gasteiger partial charge in [0, 0.05) is 18.1 Å². The molecule has 0 aliphatic heterocycles. The zero-order valence-corrected chi connectivity index (χ0v) is 11.2. The highest BCUT2D eigenvalue weighted by Gasteiger charge is 2.09. The molecule has 18 heavy (non-hydrogen) atoms. The summed E-state index contributed by atoms with van der Waals surface area (Å²) in [6.07, 6.45) is 5.08. The molecule has 1 aromatic rings. The molecule has 4 nitrogen and oxygen atoms in total. The fourth-order valence-corrected chi connectivity index (χ4v) is 2.23. The largest absolute Gasteiger partial charge is 0.340 e. The van der Waals surface area contributed by atoms with E-state index in [1.165, 1.54) is 11.8 Å². The van der Waals surface area contributed by atoms with Gasteiger partial charge in [0.05, 0.1) is 11.8 Å². The lowest BCUT2D eigenvalue weighted by Gasteiger charge is -2.10. The van der Waals surface area contributed by atoms with Crippen LogP contribution in [0.25, 0.3) is 0 Å². The number of amides is 1. The summed E-state index contributed by atoms with van der Waals surface area (Å²) in [7, 11) is 0. The summed E-state index contributed by atoms with van der Waals surface area (Å²) in [5.74, 6) is 1.08. The Labute approximate surface area is 112 Å². The Morgan fingerprint density at radius 1 is 1.56 bits per heavy atom. The van der Waals surface area contributed by atoms with Crippen molar-refractivity contribution in [3.8, 4) is 6.07 Å². The molecular formula is C13H17N3OS. The Kier molecular flexibility index (Phi) is 6.89. The van der Waals surface area contributed by atoms with Crippen LogP contribution < -0.4 is 5.32 Å². The molecule has 1 atom stereocenters. The highest BCUT2D eigenvalue weighted by Crippen LogP contribution is 2.10. The van der Waals surface area contributed by atoms with Gasteiger partial charge < -0.3 is 5.32 Å². The van der Waals surface area contributed by atoms with E-state index < -0.39 is 0 Å². The van der Waals surface area contributed by atoms with E-state index in [1.807, 2.05) is 19.1 Å². The van der Waals surface area contributed by atoms with Crippen LogP contribution in [0.4, 0.5) is 0 Å². The van der Waals surface area contributed by atoms with Gasteiger partial charge in [-0.05, 0) is 24.1 Å². The normalized spacial score (nSPS) is 11.6. The van der Waals surface area contributed by atoms with Crippen molar-refractivity contribution in [1.29, 1.82) is 5.26 Å². The minimum atomic E-state index is -0.357. The number of hydrogen-bond donors (Lipinski definition) is 1. The minimum absolute atomic E-state index is 0.0749. The topological polar surface area (TPSA) is 65.8 Å². The average molecular weight is 263 g/mol. The Morgan fingerprint density at radius 2 is 2.28 bits per heavy atom. The number of carbonyl (C=O) groups is 1. The molecule has 0 aliphatic carbocycles. The van der Waals surface area contributed by atoms with Crippen molar-refractivity contribution < 1.29 is 4.79 Å². The predicted octanol–water partition coefficient (Wildman–Crippen LogP) is 2.12. The highest BCUT2D eigenvalue weighted by atomic mass is 32.2. The van der Waals surface area contributed by atoms with E-state index in [1.54, 1.807) is 12.4 Å². The number of aromatic nitrogens is 1. The second-order valence-corrected chi connectivity index (χ2v) is 4.87. The van der Waals surface area contributed by atoms with E-state index in [9.17, 15) is 4.79 Å². The fraction of sp³-hybridized carbons (Fsp3) is 0.462. The standard InChI is InChI=1S/C13H17N3OS/c1-2-3-12(8-14)16-13(17)10-18-9-11-4-6-15-7-5-11/h4-7,12H,2-3,9-10H2,1H3,(H,16,17)/t12-/m1/s1. The van der Waals surface area contributed by atoms with Crippen molar-refractivity contribution >= 4 is 17.7 Å². The summed E-state index contributed by atoms with van der Waals surface area (Å²) in [5, 5.41) is 11.6.